The molecule has 1 aliphatic rings. The van der Waals surface area contributed by atoms with Crippen LogP contribution in [0.1, 0.15) is 35.7 Å². The molecule has 3 rings (SSSR count). The summed E-state index contributed by atoms with van der Waals surface area (Å²) in [4.78, 5) is 40.2. The Morgan fingerprint density at radius 3 is 2.31 bits per heavy atom. The summed E-state index contributed by atoms with van der Waals surface area (Å²) in [7, 11) is 2.36. The van der Waals surface area contributed by atoms with Gasteiger partial charge in [0.1, 0.15) is 11.5 Å². The highest BCUT2D eigenvalue weighted by Crippen LogP contribution is 2.43. The molecular formula is C27H28N4O5. The standard InChI is InChI=1S/C27H28N4O5/c1-16(2)15-30-25(32)18-11-8-12-19(13-18)31-23(27(34)36-4)22(26(33)35-3)21(20(14-28)24(31)29)17-9-6-5-7-10-17/h5-13,16,21H,15,29H2,1-4H3,(H,30,32). The average molecular weight is 489 g/mol. The molecule has 0 aliphatic carbocycles. The lowest BCUT2D eigenvalue weighted by Gasteiger charge is -2.36. The van der Waals surface area contributed by atoms with Crippen molar-refractivity contribution >= 4 is 23.5 Å². The molecule has 0 spiro atoms. The SMILES string of the molecule is COC(=O)C1=C(C(=O)OC)N(c2cccc(C(=O)NCC(C)C)c2)C(N)=C(C#N)C1c1ccccc1. The molecule has 0 aromatic heterocycles. The number of carbonyl (C=O) groups is 3. The number of nitrogens with two attached hydrogens (primary N) is 1. The second-order valence-electron chi connectivity index (χ2n) is 8.49. The number of nitrogens with zero attached hydrogens (tertiary/aromatic N) is 2. The van der Waals surface area contributed by atoms with E-state index < -0.39 is 17.9 Å². The van der Waals surface area contributed by atoms with E-state index >= 15 is 0 Å². The molecule has 186 valence electrons. The molecule has 9 nitrogen and oxygen atoms in total. The zero-order valence-electron chi connectivity index (χ0n) is 20.6. The Bertz CT molecular complexity index is 1270. The number of allylic oxidation sites excluding steroid dienone is 1. The van der Waals surface area contributed by atoms with E-state index in [1.165, 1.54) is 25.2 Å². The van der Waals surface area contributed by atoms with Crippen LogP contribution in [0.4, 0.5) is 5.69 Å². The fourth-order valence-electron chi connectivity index (χ4n) is 3.97. The minimum absolute atomic E-state index is 0.0453. The molecular weight excluding hydrogens is 460 g/mol. The summed E-state index contributed by atoms with van der Waals surface area (Å²) in [6.45, 7) is 4.43. The third kappa shape index (κ3) is 5.08. The number of nitriles is 1. The van der Waals surface area contributed by atoms with Crippen molar-refractivity contribution in [1.82, 2.24) is 5.32 Å². The smallest absolute Gasteiger partial charge is 0.355 e. The van der Waals surface area contributed by atoms with Crippen LogP contribution in [0.15, 0.2) is 77.3 Å². The summed E-state index contributed by atoms with van der Waals surface area (Å²) < 4.78 is 10.1. The van der Waals surface area contributed by atoms with Gasteiger partial charge in [-0.25, -0.2) is 9.59 Å². The van der Waals surface area contributed by atoms with Crippen molar-refractivity contribution in [2.75, 3.05) is 25.7 Å². The molecule has 36 heavy (non-hydrogen) atoms. The van der Waals surface area contributed by atoms with E-state index in [1.807, 2.05) is 13.8 Å². The summed E-state index contributed by atoms with van der Waals surface area (Å²) in [5, 5.41) is 12.9. The molecule has 1 aliphatic heterocycles. The second-order valence-corrected chi connectivity index (χ2v) is 8.49. The van der Waals surface area contributed by atoms with Crippen LogP contribution >= 0.6 is 0 Å². The van der Waals surface area contributed by atoms with E-state index in [2.05, 4.69) is 11.4 Å². The number of amides is 1. The Morgan fingerprint density at radius 1 is 1.06 bits per heavy atom. The molecule has 3 N–H and O–H groups in total. The molecule has 2 aromatic rings. The van der Waals surface area contributed by atoms with Gasteiger partial charge in [-0.3, -0.25) is 9.69 Å². The zero-order chi connectivity index (χ0) is 26.4. The van der Waals surface area contributed by atoms with E-state index in [0.717, 1.165) is 0 Å². The molecule has 1 heterocycles. The number of ether oxygens (including phenoxy) is 2. The maximum atomic E-state index is 13.1. The number of rotatable bonds is 7. The zero-order valence-corrected chi connectivity index (χ0v) is 20.6. The highest BCUT2D eigenvalue weighted by atomic mass is 16.5. The van der Waals surface area contributed by atoms with Crippen molar-refractivity contribution in [3.63, 3.8) is 0 Å². The molecule has 1 amide bonds. The number of carbonyl (C=O) groups excluding carboxylic acids is 3. The summed E-state index contributed by atoms with van der Waals surface area (Å²) in [5.74, 6) is -2.77. The van der Waals surface area contributed by atoms with Gasteiger partial charge in [-0.1, -0.05) is 50.2 Å². The maximum Gasteiger partial charge on any atom is 0.355 e. The Morgan fingerprint density at radius 2 is 1.72 bits per heavy atom. The van der Waals surface area contributed by atoms with E-state index in [0.29, 0.717) is 23.4 Å². The highest BCUT2D eigenvalue weighted by Gasteiger charge is 2.43. The molecule has 0 bridgehead atoms. The third-order valence-corrected chi connectivity index (χ3v) is 5.65. The van der Waals surface area contributed by atoms with Crippen LogP contribution in [0.25, 0.3) is 0 Å². The van der Waals surface area contributed by atoms with Crippen molar-refractivity contribution in [3.05, 3.63) is 88.4 Å². The lowest BCUT2D eigenvalue weighted by Crippen LogP contribution is -2.40. The van der Waals surface area contributed by atoms with E-state index in [9.17, 15) is 19.6 Å². The van der Waals surface area contributed by atoms with Crippen molar-refractivity contribution in [1.29, 1.82) is 5.26 Å². The van der Waals surface area contributed by atoms with Crippen LogP contribution in [-0.4, -0.2) is 38.6 Å². The predicted molar refractivity (Wildman–Crippen MR) is 133 cm³/mol. The van der Waals surface area contributed by atoms with Gasteiger partial charge in [0.2, 0.25) is 0 Å². The average Bonchev–Trinajstić information content (AvgIpc) is 2.90. The van der Waals surface area contributed by atoms with Gasteiger partial charge in [-0.2, -0.15) is 5.26 Å². The third-order valence-electron chi connectivity index (χ3n) is 5.65. The number of hydrogen-bond donors (Lipinski definition) is 2. The minimum Gasteiger partial charge on any atom is -0.466 e. The van der Waals surface area contributed by atoms with Crippen molar-refractivity contribution < 1.29 is 23.9 Å². The van der Waals surface area contributed by atoms with E-state index in [-0.39, 0.29) is 34.5 Å². The first-order valence-electron chi connectivity index (χ1n) is 11.3. The van der Waals surface area contributed by atoms with Crippen LogP contribution in [0.5, 0.6) is 0 Å². The molecule has 0 saturated heterocycles. The van der Waals surface area contributed by atoms with Gasteiger partial charge in [0.25, 0.3) is 5.91 Å². The first kappa shape index (κ1) is 26.0. The van der Waals surface area contributed by atoms with Gasteiger partial charge in [0, 0.05) is 17.8 Å². The summed E-state index contributed by atoms with van der Waals surface area (Å²) >= 11 is 0. The fraction of sp³-hybridized carbons (Fsp3) is 0.259. The molecule has 0 saturated carbocycles. The Hall–Kier alpha value is -4.58. The number of hydrogen-bond acceptors (Lipinski definition) is 8. The van der Waals surface area contributed by atoms with Gasteiger partial charge >= 0.3 is 11.9 Å². The summed E-state index contributed by atoms with van der Waals surface area (Å²) in [6.07, 6.45) is 0. The van der Waals surface area contributed by atoms with Gasteiger partial charge in [-0.05, 0) is 29.7 Å². The number of esters is 2. The predicted octanol–water partition coefficient (Wildman–Crippen LogP) is 2.97. The van der Waals surface area contributed by atoms with Crippen molar-refractivity contribution in [2.24, 2.45) is 11.7 Å². The molecule has 9 heteroatoms. The monoisotopic (exact) mass is 488 g/mol. The normalized spacial score (nSPS) is 15.4. The number of anilines is 1. The molecule has 1 unspecified atom stereocenters. The Labute approximate surface area is 209 Å². The minimum atomic E-state index is -0.966. The lowest BCUT2D eigenvalue weighted by atomic mass is 9.81. The van der Waals surface area contributed by atoms with Gasteiger partial charge in [0.05, 0.1) is 37.4 Å². The van der Waals surface area contributed by atoms with Crippen molar-refractivity contribution in [2.45, 2.75) is 19.8 Å². The van der Waals surface area contributed by atoms with Gasteiger partial charge in [-0.15, -0.1) is 0 Å². The first-order valence-corrected chi connectivity index (χ1v) is 11.3. The van der Waals surface area contributed by atoms with Crippen LogP contribution < -0.4 is 16.0 Å². The van der Waals surface area contributed by atoms with Gasteiger partial charge < -0.3 is 20.5 Å². The number of nitrogens with one attached hydrogen (secondary N) is 1. The van der Waals surface area contributed by atoms with Crippen LogP contribution in [0.3, 0.4) is 0 Å². The van der Waals surface area contributed by atoms with Crippen LogP contribution in [0, 0.1) is 17.2 Å². The Kier molecular flexibility index (Phi) is 8.12. The lowest BCUT2D eigenvalue weighted by molar-refractivity contribution is -0.139. The Balaban J connectivity index is 2.28. The summed E-state index contributed by atoms with van der Waals surface area (Å²) in [5.41, 5.74) is 7.42. The topological polar surface area (TPSA) is 135 Å². The van der Waals surface area contributed by atoms with Crippen LogP contribution in [-0.2, 0) is 19.1 Å². The van der Waals surface area contributed by atoms with E-state index in [4.69, 9.17) is 15.2 Å². The molecule has 0 fully saturated rings. The van der Waals surface area contributed by atoms with E-state index in [1.54, 1.807) is 48.5 Å². The first-order chi connectivity index (χ1) is 17.2. The van der Waals surface area contributed by atoms with Crippen LogP contribution in [0.2, 0.25) is 0 Å². The largest absolute Gasteiger partial charge is 0.466 e. The number of methoxy groups -OCH3 is 2. The molecule has 0 radical (unpaired) electrons. The fourth-order valence-corrected chi connectivity index (χ4v) is 3.97. The highest BCUT2D eigenvalue weighted by molar-refractivity contribution is 6.06. The quantitative estimate of drug-likeness (QED) is 0.568. The van der Waals surface area contributed by atoms with Crippen molar-refractivity contribution in [3.8, 4) is 6.07 Å². The van der Waals surface area contributed by atoms with Gasteiger partial charge in [0.15, 0.2) is 0 Å². The second kappa shape index (κ2) is 11.2. The number of benzene rings is 2. The molecule has 2 aromatic carbocycles. The maximum absolute atomic E-state index is 13.1. The summed E-state index contributed by atoms with van der Waals surface area (Å²) in [6, 6.07) is 17.2. The molecule has 1 atom stereocenters.